The Morgan fingerprint density at radius 2 is 1.95 bits per heavy atom. The lowest BCUT2D eigenvalue weighted by Gasteiger charge is -2.07. The van der Waals surface area contributed by atoms with Gasteiger partial charge in [0, 0.05) is 0 Å². The van der Waals surface area contributed by atoms with E-state index >= 15 is 0 Å². The summed E-state index contributed by atoms with van der Waals surface area (Å²) in [5.74, 6) is 0.878. The van der Waals surface area contributed by atoms with Crippen LogP contribution in [0.4, 0.5) is 0 Å². The number of nitrogens with zero attached hydrogens (tertiary/aromatic N) is 1. The largest absolute Gasteiger partial charge is 0.497 e. The highest BCUT2D eigenvalue weighted by Gasteiger charge is 2.11. The molecule has 0 atom stereocenters. The van der Waals surface area contributed by atoms with Crippen molar-refractivity contribution >= 4 is 11.9 Å². The summed E-state index contributed by atoms with van der Waals surface area (Å²) in [6.45, 7) is 0. The fraction of sp³-hybridized carbons (Fsp3) is 0.111. The monoisotopic (exact) mass is 293 g/mol. The van der Waals surface area contributed by atoms with Gasteiger partial charge in [-0.2, -0.15) is 5.26 Å². The van der Waals surface area contributed by atoms with Crippen LogP contribution in [0.15, 0.2) is 48.5 Å². The predicted octanol–water partition coefficient (Wildman–Crippen LogP) is 3.47. The predicted molar refractivity (Wildman–Crippen MR) is 84.1 cm³/mol. The number of benzene rings is 2. The summed E-state index contributed by atoms with van der Waals surface area (Å²) in [6, 6.07) is 14.2. The molecule has 4 nitrogen and oxygen atoms in total. The van der Waals surface area contributed by atoms with Crippen LogP contribution < -0.4 is 9.47 Å². The van der Waals surface area contributed by atoms with Gasteiger partial charge >= 0.3 is 0 Å². The van der Waals surface area contributed by atoms with Crippen LogP contribution in [0.3, 0.4) is 0 Å². The van der Waals surface area contributed by atoms with Crippen molar-refractivity contribution in [1.29, 1.82) is 5.26 Å². The second kappa shape index (κ2) is 7.09. The first-order valence-electron chi connectivity index (χ1n) is 6.62. The van der Waals surface area contributed by atoms with E-state index < -0.39 is 0 Å². The first-order valence-corrected chi connectivity index (χ1v) is 6.62. The van der Waals surface area contributed by atoms with E-state index in [4.69, 9.17) is 14.7 Å². The maximum atomic E-state index is 12.3. The molecule has 0 saturated carbocycles. The quantitative estimate of drug-likeness (QED) is 0.625. The van der Waals surface area contributed by atoms with Crippen molar-refractivity contribution in [2.75, 3.05) is 14.2 Å². The van der Waals surface area contributed by atoms with Crippen molar-refractivity contribution in [2.24, 2.45) is 0 Å². The molecule has 2 rings (SSSR count). The van der Waals surface area contributed by atoms with Gasteiger partial charge in [-0.05, 0) is 42.0 Å². The lowest BCUT2D eigenvalue weighted by Crippen LogP contribution is -1.99. The molecular formula is C18H15NO3. The average molecular weight is 293 g/mol. The van der Waals surface area contributed by atoms with Crippen LogP contribution in [0.25, 0.3) is 6.08 Å². The number of allylic oxidation sites excluding steroid dienone is 1. The summed E-state index contributed by atoms with van der Waals surface area (Å²) < 4.78 is 10.3. The molecule has 0 bridgehead atoms. The highest BCUT2D eigenvalue weighted by atomic mass is 16.5. The maximum Gasteiger partial charge on any atom is 0.189 e. The molecule has 0 aliphatic carbocycles. The maximum absolute atomic E-state index is 12.3. The summed E-state index contributed by atoms with van der Waals surface area (Å²) in [5.41, 5.74) is 1.76. The Morgan fingerprint density at radius 1 is 1.14 bits per heavy atom. The summed E-state index contributed by atoms with van der Waals surface area (Å²) in [7, 11) is 3.05. The highest BCUT2D eigenvalue weighted by Crippen LogP contribution is 2.24. The van der Waals surface area contributed by atoms with Gasteiger partial charge in [0.1, 0.15) is 11.5 Å². The van der Waals surface area contributed by atoms with Crippen molar-refractivity contribution in [3.63, 3.8) is 0 Å². The smallest absolute Gasteiger partial charge is 0.189 e. The molecule has 22 heavy (non-hydrogen) atoms. The molecular weight excluding hydrogens is 278 g/mol. The summed E-state index contributed by atoms with van der Waals surface area (Å²) in [6.07, 6.45) is 3.12. The first kappa shape index (κ1) is 15.3. The van der Waals surface area contributed by atoms with Gasteiger partial charge in [0.05, 0.1) is 31.4 Å². The van der Waals surface area contributed by atoms with E-state index in [1.165, 1.54) is 13.2 Å². The third kappa shape index (κ3) is 3.53. The normalized spacial score (nSPS) is 10.2. The number of carbonyl (C=O) groups is 1. The number of nitriles is 1. The van der Waals surface area contributed by atoms with Crippen LogP contribution in [0.5, 0.6) is 11.5 Å². The van der Waals surface area contributed by atoms with Crippen molar-refractivity contribution in [3.05, 3.63) is 65.2 Å². The van der Waals surface area contributed by atoms with Gasteiger partial charge in [0.15, 0.2) is 5.78 Å². The van der Waals surface area contributed by atoms with Crippen molar-refractivity contribution < 1.29 is 14.3 Å². The van der Waals surface area contributed by atoms with Crippen molar-refractivity contribution in [3.8, 4) is 17.6 Å². The van der Waals surface area contributed by atoms with E-state index in [9.17, 15) is 4.79 Å². The molecule has 4 heteroatoms. The Bertz CT molecular complexity index is 757. The summed E-state index contributed by atoms with van der Waals surface area (Å²) in [4.78, 5) is 12.3. The Morgan fingerprint density at radius 3 is 2.64 bits per heavy atom. The first-order chi connectivity index (χ1) is 10.7. The van der Waals surface area contributed by atoms with Crippen LogP contribution >= 0.6 is 0 Å². The van der Waals surface area contributed by atoms with Gasteiger partial charge < -0.3 is 9.47 Å². The second-order valence-corrected chi connectivity index (χ2v) is 4.50. The fourth-order valence-corrected chi connectivity index (χ4v) is 1.98. The minimum absolute atomic E-state index is 0.196. The molecule has 0 aromatic heterocycles. The number of ether oxygens (including phenoxy) is 2. The van der Waals surface area contributed by atoms with Crippen LogP contribution in [0, 0.1) is 11.3 Å². The van der Waals surface area contributed by atoms with Gasteiger partial charge in [-0.15, -0.1) is 0 Å². The zero-order valence-electron chi connectivity index (χ0n) is 12.4. The molecule has 0 fully saturated rings. The van der Waals surface area contributed by atoms with E-state index in [0.717, 1.165) is 5.56 Å². The molecule has 0 heterocycles. The van der Waals surface area contributed by atoms with Crippen LogP contribution in [0.1, 0.15) is 21.5 Å². The second-order valence-electron chi connectivity index (χ2n) is 4.50. The van der Waals surface area contributed by atoms with Gasteiger partial charge in [-0.1, -0.05) is 18.2 Å². The molecule has 0 saturated heterocycles. The highest BCUT2D eigenvalue weighted by molar-refractivity contribution is 6.08. The molecule has 2 aromatic carbocycles. The van der Waals surface area contributed by atoms with Gasteiger partial charge in [0.2, 0.25) is 0 Å². The zero-order chi connectivity index (χ0) is 15.9. The standard InChI is InChI=1S/C18H15NO3/c1-21-15-7-9-18(22-2)16(11-15)17(20)8-6-13-4-3-5-14(10-13)12-19/h3-11H,1-2H3/b8-6+. The molecule has 0 aliphatic rings. The Labute approximate surface area is 129 Å². The molecule has 0 spiro atoms. The molecule has 0 N–H and O–H groups in total. The summed E-state index contributed by atoms with van der Waals surface area (Å²) in [5, 5.41) is 8.87. The Balaban J connectivity index is 2.28. The number of hydrogen-bond acceptors (Lipinski definition) is 4. The topological polar surface area (TPSA) is 59.3 Å². The van der Waals surface area contributed by atoms with E-state index in [0.29, 0.717) is 22.6 Å². The van der Waals surface area contributed by atoms with Crippen LogP contribution in [-0.2, 0) is 0 Å². The van der Waals surface area contributed by atoms with Crippen molar-refractivity contribution in [1.82, 2.24) is 0 Å². The van der Waals surface area contributed by atoms with Gasteiger partial charge in [0.25, 0.3) is 0 Å². The lowest BCUT2D eigenvalue weighted by atomic mass is 10.1. The molecule has 2 aromatic rings. The molecule has 110 valence electrons. The van der Waals surface area contributed by atoms with Crippen LogP contribution in [0.2, 0.25) is 0 Å². The number of rotatable bonds is 5. The number of carbonyl (C=O) groups excluding carboxylic acids is 1. The van der Waals surface area contributed by atoms with E-state index in [2.05, 4.69) is 6.07 Å². The molecule has 0 radical (unpaired) electrons. The van der Waals surface area contributed by atoms with Gasteiger partial charge in [-0.3, -0.25) is 4.79 Å². The van der Waals surface area contributed by atoms with Crippen LogP contribution in [-0.4, -0.2) is 20.0 Å². The minimum atomic E-state index is -0.196. The van der Waals surface area contributed by atoms with E-state index in [1.54, 1.807) is 49.6 Å². The number of ketones is 1. The van der Waals surface area contributed by atoms with E-state index in [-0.39, 0.29) is 5.78 Å². The number of methoxy groups -OCH3 is 2. The van der Waals surface area contributed by atoms with E-state index in [1.807, 2.05) is 6.07 Å². The average Bonchev–Trinajstić information content (AvgIpc) is 2.59. The minimum Gasteiger partial charge on any atom is -0.497 e. The zero-order valence-corrected chi connectivity index (χ0v) is 12.4. The summed E-state index contributed by atoms with van der Waals surface area (Å²) >= 11 is 0. The SMILES string of the molecule is COc1ccc(OC)c(C(=O)/C=C/c2cccc(C#N)c2)c1. The Hall–Kier alpha value is -3.06. The third-order valence-electron chi connectivity index (χ3n) is 3.11. The molecule has 0 aliphatic heterocycles. The van der Waals surface area contributed by atoms with Gasteiger partial charge in [-0.25, -0.2) is 0 Å². The van der Waals surface area contributed by atoms with Crippen molar-refractivity contribution in [2.45, 2.75) is 0 Å². The molecule has 0 unspecified atom stereocenters. The Kier molecular flexibility index (Phi) is 4.94. The number of hydrogen-bond donors (Lipinski definition) is 0. The molecule has 0 amide bonds. The third-order valence-corrected chi connectivity index (χ3v) is 3.11. The lowest BCUT2D eigenvalue weighted by molar-refractivity contribution is 0.104. The fourth-order valence-electron chi connectivity index (χ4n) is 1.98.